The highest BCUT2D eigenvalue weighted by Crippen LogP contribution is 2.19. The number of rotatable bonds is 5. The summed E-state index contributed by atoms with van der Waals surface area (Å²) in [4.78, 5) is 24.5. The number of nitrogens with one attached hydrogen (secondary N) is 1. The van der Waals surface area contributed by atoms with Crippen LogP contribution in [0.3, 0.4) is 0 Å². The first kappa shape index (κ1) is 17.8. The Labute approximate surface area is 133 Å². The molecule has 0 spiro atoms. The molecule has 1 aromatic rings. The predicted octanol–water partition coefficient (Wildman–Crippen LogP) is 3.53. The van der Waals surface area contributed by atoms with E-state index in [-0.39, 0.29) is 11.8 Å². The molecule has 2 atom stereocenters. The van der Waals surface area contributed by atoms with E-state index in [0.29, 0.717) is 10.2 Å². The number of amides is 1. The summed E-state index contributed by atoms with van der Waals surface area (Å²) in [7, 11) is 0. The number of esters is 1. The minimum Gasteiger partial charge on any atom is -0.458 e. The van der Waals surface area contributed by atoms with Gasteiger partial charge in [0.1, 0.15) is 11.6 Å². The second-order valence-corrected chi connectivity index (χ2v) is 6.70. The zero-order valence-corrected chi connectivity index (χ0v) is 14.6. The molecule has 0 saturated carbocycles. The Hall–Kier alpha value is -1.30. The quantitative estimate of drug-likeness (QED) is 0.816. The third kappa shape index (κ3) is 5.19. The highest BCUT2D eigenvalue weighted by Gasteiger charge is 2.31. The van der Waals surface area contributed by atoms with Crippen LogP contribution in [0.1, 0.15) is 51.4 Å². The molecule has 6 heteroatoms. The summed E-state index contributed by atoms with van der Waals surface area (Å²) in [5.74, 6) is -0.828. The lowest BCUT2D eigenvalue weighted by Gasteiger charge is -2.27. The van der Waals surface area contributed by atoms with Crippen LogP contribution in [0.4, 0.5) is 0 Å². The summed E-state index contributed by atoms with van der Waals surface area (Å²) in [6, 6.07) is 0.853. The zero-order valence-electron chi connectivity index (χ0n) is 13.0. The number of hydrogen-bond donors (Lipinski definition) is 1. The molecule has 0 aliphatic rings. The monoisotopic (exact) mass is 359 g/mol. The SMILES string of the molecule is CC[C@H](C)[C@H](NC(=O)c1ccoc1Br)C(=O)OC(C)(C)C. The van der Waals surface area contributed by atoms with Crippen molar-refractivity contribution in [3.05, 3.63) is 22.6 Å². The molecule has 1 aromatic heterocycles. The molecule has 0 saturated heterocycles. The first-order valence-corrected chi connectivity index (χ1v) is 7.71. The molecule has 0 fully saturated rings. The van der Waals surface area contributed by atoms with Gasteiger partial charge in [0.2, 0.25) is 0 Å². The van der Waals surface area contributed by atoms with E-state index in [1.807, 2.05) is 13.8 Å². The standard InChI is InChI=1S/C15H22BrNO4/c1-6-9(2)11(14(19)21-15(3,4)5)17-13(18)10-7-8-20-12(10)16/h7-9,11H,6H2,1-5H3,(H,17,18)/t9-,11-/m0/s1. The van der Waals surface area contributed by atoms with Crippen LogP contribution in [-0.2, 0) is 9.53 Å². The van der Waals surface area contributed by atoms with E-state index in [4.69, 9.17) is 9.15 Å². The Morgan fingerprint density at radius 3 is 2.48 bits per heavy atom. The minimum atomic E-state index is -0.691. The van der Waals surface area contributed by atoms with Gasteiger partial charge in [-0.1, -0.05) is 20.3 Å². The predicted molar refractivity (Wildman–Crippen MR) is 83.0 cm³/mol. The van der Waals surface area contributed by atoms with Crippen LogP contribution in [0.25, 0.3) is 0 Å². The summed E-state index contributed by atoms with van der Waals surface area (Å²) in [5.41, 5.74) is -0.240. The molecule has 1 amide bonds. The maximum atomic E-state index is 12.3. The van der Waals surface area contributed by atoms with Gasteiger partial charge in [0.05, 0.1) is 11.8 Å². The van der Waals surface area contributed by atoms with Crippen molar-refractivity contribution in [2.75, 3.05) is 0 Å². The van der Waals surface area contributed by atoms with Crippen LogP contribution in [0.5, 0.6) is 0 Å². The van der Waals surface area contributed by atoms with Crippen molar-refractivity contribution in [2.45, 2.75) is 52.7 Å². The van der Waals surface area contributed by atoms with Crippen molar-refractivity contribution in [2.24, 2.45) is 5.92 Å². The molecule has 1 rings (SSSR count). The normalized spacial score (nSPS) is 14.4. The van der Waals surface area contributed by atoms with Gasteiger partial charge in [0.25, 0.3) is 5.91 Å². The van der Waals surface area contributed by atoms with Gasteiger partial charge in [0, 0.05) is 0 Å². The molecule has 0 aliphatic heterocycles. The van der Waals surface area contributed by atoms with Gasteiger partial charge in [-0.3, -0.25) is 4.79 Å². The second-order valence-electron chi connectivity index (χ2n) is 5.98. The Kier molecular flexibility index (Phi) is 6.01. The third-order valence-corrected chi connectivity index (χ3v) is 3.64. The van der Waals surface area contributed by atoms with Crippen molar-refractivity contribution < 1.29 is 18.7 Å². The fourth-order valence-corrected chi connectivity index (χ4v) is 2.13. The van der Waals surface area contributed by atoms with Crippen LogP contribution in [0.2, 0.25) is 0 Å². The number of hydrogen-bond acceptors (Lipinski definition) is 4. The average Bonchev–Trinajstić information content (AvgIpc) is 2.78. The molecule has 0 radical (unpaired) electrons. The smallest absolute Gasteiger partial charge is 0.329 e. The van der Waals surface area contributed by atoms with Gasteiger partial charge in [0.15, 0.2) is 4.67 Å². The van der Waals surface area contributed by atoms with Crippen molar-refractivity contribution in [3.8, 4) is 0 Å². The van der Waals surface area contributed by atoms with E-state index < -0.39 is 17.6 Å². The largest absolute Gasteiger partial charge is 0.458 e. The van der Waals surface area contributed by atoms with Crippen LogP contribution in [0.15, 0.2) is 21.4 Å². The average molecular weight is 360 g/mol. The molecule has 1 N–H and O–H groups in total. The maximum absolute atomic E-state index is 12.3. The molecule has 21 heavy (non-hydrogen) atoms. The van der Waals surface area contributed by atoms with Crippen LogP contribution in [-0.4, -0.2) is 23.5 Å². The zero-order chi connectivity index (χ0) is 16.2. The summed E-state index contributed by atoms with van der Waals surface area (Å²) in [6.07, 6.45) is 2.15. The fraction of sp³-hybridized carbons (Fsp3) is 0.600. The van der Waals surface area contributed by atoms with Gasteiger partial charge in [-0.15, -0.1) is 0 Å². The molecule has 118 valence electrons. The van der Waals surface area contributed by atoms with Gasteiger partial charge in [-0.05, 0) is 48.7 Å². The van der Waals surface area contributed by atoms with Crippen LogP contribution in [0, 0.1) is 5.92 Å². The van der Waals surface area contributed by atoms with Gasteiger partial charge in [-0.25, -0.2) is 4.79 Å². The molecule has 5 nitrogen and oxygen atoms in total. The molecule has 0 aliphatic carbocycles. The number of halogens is 1. The first-order chi connectivity index (χ1) is 9.65. The number of ether oxygens (including phenoxy) is 1. The summed E-state index contributed by atoms with van der Waals surface area (Å²) >= 11 is 3.15. The number of furan rings is 1. The number of carbonyl (C=O) groups excluding carboxylic acids is 2. The van der Waals surface area contributed by atoms with Gasteiger partial charge >= 0.3 is 5.97 Å². The fourth-order valence-electron chi connectivity index (χ4n) is 1.71. The highest BCUT2D eigenvalue weighted by atomic mass is 79.9. The van der Waals surface area contributed by atoms with Crippen LogP contribution >= 0.6 is 15.9 Å². The number of carbonyl (C=O) groups is 2. The van der Waals surface area contributed by atoms with E-state index in [1.54, 1.807) is 26.8 Å². The van der Waals surface area contributed by atoms with Crippen molar-refractivity contribution >= 4 is 27.8 Å². The Bertz CT molecular complexity index is 504. The van der Waals surface area contributed by atoms with Gasteiger partial charge < -0.3 is 14.5 Å². The lowest BCUT2D eigenvalue weighted by molar-refractivity contribution is -0.158. The molecular weight excluding hydrogens is 338 g/mol. The lowest BCUT2D eigenvalue weighted by atomic mass is 9.98. The second kappa shape index (κ2) is 7.11. The van der Waals surface area contributed by atoms with E-state index in [2.05, 4.69) is 21.2 Å². The Morgan fingerprint density at radius 2 is 2.05 bits per heavy atom. The topological polar surface area (TPSA) is 68.5 Å². The molecule has 0 unspecified atom stereocenters. The van der Waals surface area contributed by atoms with Crippen molar-refractivity contribution in [3.63, 3.8) is 0 Å². The maximum Gasteiger partial charge on any atom is 0.329 e. The Balaban J connectivity index is 2.87. The van der Waals surface area contributed by atoms with E-state index >= 15 is 0 Å². The van der Waals surface area contributed by atoms with Crippen LogP contribution < -0.4 is 5.32 Å². The van der Waals surface area contributed by atoms with Crippen molar-refractivity contribution in [1.29, 1.82) is 0 Å². The Morgan fingerprint density at radius 1 is 1.43 bits per heavy atom. The highest BCUT2D eigenvalue weighted by molar-refractivity contribution is 9.10. The molecule has 1 heterocycles. The van der Waals surface area contributed by atoms with Crippen molar-refractivity contribution in [1.82, 2.24) is 5.32 Å². The minimum absolute atomic E-state index is 0.0329. The summed E-state index contributed by atoms with van der Waals surface area (Å²) < 4.78 is 10.8. The van der Waals surface area contributed by atoms with Gasteiger partial charge in [-0.2, -0.15) is 0 Å². The summed E-state index contributed by atoms with van der Waals surface area (Å²) in [6.45, 7) is 9.26. The molecule has 0 bridgehead atoms. The van der Waals surface area contributed by atoms with E-state index in [9.17, 15) is 9.59 Å². The molecule has 0 aromatic carbocycles. The first-order valence-electron chi connectivity index (χ1n) is 6.92. The van der Waals surface area contributed by atoms with E-state index in [0.717, 1.165) is 6.42 Å². The summed E-state index contributed by atoms with van der Waals surface area (Å²) in [5, 5.41) is 2.73. The van der Waals surface area contributed by atoms with E-state index in [1.165, 1.54) is 6.26 Å². The molecular formula is C15H22BrNO4. The third-order valence-electron chi connectivity index (χ3n) is 3.02. The lowest BCUT2D eigenvalue weighted by Crippen LogP contribution is -2.47.